The van der Waals surface area contributed by atoms with Crippen molar-refractivity contribution in [2.75, 3.05) is 32.4 Å². The van der Waals surface area contributed by atoms with E-state index in [1.54, 1.807) is 6.07 Å². The molecule has 0 radical (unpaired) electrons. The van der Waals surface area contributed by atoms with Gasteiger partial charge in [-0.1, -0.05) is 18.5 Å². The molecule has 2 rings (SSSR count). The number of rotatable bonds is 2. The third-order valence-corrected chi connectivity index (χ3v) is 3.95. The Morgan fingerprint density at radius 2 is 2.32 bits per heavy atom. The van der Waals surface area contributed by atoms with Crippen molar-refractivity contribution in [3.05, 3.63) is 22.8 Å². The van der Waals surface area contributed by atoms with Gasteiger partial charge in [-0.3, -0.25) is 9.69 Å². The normalized spacial score (nSPS) is 20.6. The van der Waals surface area contributed by atoms with Crippen molar-refractivity contribution in [2.45, 2.75) is 19.4 Å². The minimum atomic E-state index is -0.0269. The lowest BCUT2D eigenvalue weighted by Gasteiger charge is -2.39. The highest BCUT2D eigenvalue weighted by Crippen LogP contribution is 2.19. The quantitative estimate of drug-likeness (QED) is 0.893. The van der Waals surface area contributed by atoms with Gasteiger partial charge in [0.15, 0.2) is 0 Å². The minimum Gasteiger partial charge on any atom is -0.382 e. The van der Waals surface area contributed by atoms with E-state index in [-0.39, 0.29) is 11.7 Å². The summed E-state index contributed by atoms with van der Waals surface area (Å²) < 4.78 is 0. The average Bonchev–Trinajstić information content (AvgIpc) is 2.41. The molecule has 19 heavy (non-hydrogen) atoms. The summed E-state index contributed by atoms with van der Waals surface area (Å²) in [5, 5.41) is 0.326. The monoisotopic (exact) mass is 282 g/mol. The second kappa shape index (κ2) is 5.75. The smallest absolute Gasteiger partial charge is 0.255 e. The zero-order chi connectivity index (χ0) is 14.0. The van der Waals surface area contributed by atoms with Crippen molar-refractivity contribution < 1.29 is 4.79 Å². The van der Waals surface area contributed by atoms with Gasteiger partial charge in [-0.25, -0.2) is 4.98 Å². The van der Waals surface area contributed by atoms with Gasteiger partial charge in [0, 0.05) is 31.9 Å². The third kappa shape index (κ3) is 2.98. The Kier molecular flexibility index (Phi) is 4.27. The van der Waals surface area contributed by atoms with E-state index in [0.29, 0.717) is 16.6 Å². The Balaban J connectivity index is 2.13. The lowest BCUT2D eigenvalue weighted by molar-refractivity contribution is 0.0541. The highest BCUT2D eigenvalue weighted by Gasteiger charge is 2.27. The number of anilines is 1. The predicted octanol–water partition coefficient (Wildman–Crippen LogP) is 1.48. The topological polar surface area (TPSA) is 62.5 Å². The molecular formula is C13H19ClN4O. The van der Waals surface area contributed by atoms with Crippen LogP contribution in [0.5, 0.6) is 0 Å². The Morgan fingerprint density at radius 1 is 1.58 bits per heavy atom. The van der Waals surface area contributed by atoms with Crippen molar-refractivity contribution in [2.24, 2.45) is 0 Å². The maximum absolute atomic E-state index is 12.4. The minimum absolute atomic E-state index is 0.0269. The standard InChI is InChI=1S/C13H19ClN4O/c1-3-10-8-18(5-4-17(10)2)13(19)9-6-11(14)12(15)16-7-9/h6-7,10H,3-5,8H2,1-2H3,(H2,15,16). The van der Waals surface area contributed by atoms with Crippen LogP contribution in [0.4, 0.5) is 5.82 Å². The number of carbonyl (C=O) groups excluding carboxylic acids is 1. The van der Waals surface area contributed by atoms with Crippen LogP contribution in [0.1, 0.15) is 23.7 Å². The van der Waals surface area contributed by atoms with Crippen LogP contribution in [0.3, 0.4) is 0 Å². The zero-order valence-corrected chi connectivity index (χ0v) is 12.0. The first-order chi connectivity index (χ1) is 9.02. The van der Waals surface area contributed by atoms with Gasteiger partial charge in [0.25, 0.3) is 5.91 Å². The van der Waals surface area contributed by atoms with E-state index >= 15 is 0 Å². The summed E-state index contributed by atoms with van der Waals surface area (Å²) >= 11 is 5.91. The van der Waals surface area contributed by atoms with E-state index in [9.17, 15) is 4.79 Å². The zero-order valence-electron chi connectivity index (χ0n) is 11.3. The van der Waals surface area contributed by atoms with Crippen molar-refractivity contribution in [3.8, 4) is 0 Å². The fourth-order valence-electron chi connectivity index (χ4n) is 2.32. The van der Waals surface area contributed by atoms with Gasteiger partial charge in [-0.2, -0.15) is 0 Å². The summed E-state index contributed by atoms with van der Waals surface area (Å²) in [5.41, 5.74) is 6.05. The predicted molar refractivity (Wildman–Crippen MR) is 76.3 cm³/mol. The van der Waals surface area contributed by atoms with Crippen LogP contribution in [-0.4, -0.2) is 53.4 Å². The van der Waals surface area contributed by atoms with E-state index < -0.39 is 0 Å². The molecule has 1 atom stereocenters. The van der Waals surface area contributed by atoms with Gasteiger partial charge in [-0.05, 0) is 19.5 Å². The molecule has 0 spiro atoms. The number of hydrogen-bond donors (Lipinski definition) is 1. The van der Waals surface area contributed by atoms with Gasteiger partial charge >= 0.3 is 0 Å². The maximum atomic E-state index is 12.4. The van der Waals surface area contributed by atoms with E-state index in [0.717, 1.165) is 26.1 Å². The molecule has 1 aromatic rings. The van der Waals surface area contributed by atoms with Gasteiger partial charge < -0.3 is 10.6 Å². The van der Waals surface area contributed by atoms with Crippen LogP contribution in [0.15, 0.2) is 12.3 Å². The molecule has 1 aliphatic rings. The number of nitrogens with zero attached hydrogens (tertiary/aromatic N) is 3. The Morgan fingerprint density at radius 3 is 2.95 bits per heavy atom. The average molecular weight is 283 g/mol. The fourth-order valence-corrected chi connectivity index (χ4v) is 2.49. The molecule has 1 aromatic heterocycles. The van der Waals surface area contributed by atoms with Crippen LogP contribution in [0.25, 0.3) is 0 Å². The number of nitrogens with two attached hydrogens (primary N) is 1. The number of nitrogen functional groups attached to an aromatic ring is 1. The summed E-state index contributed by atoms with van der Waals surface area (Å²) in [6, 6.07) is 2.00. The van der Waals surface area contributed by atoms with Gasteiger partial charge in [0.05, 0.1) is 10.6 Å². The van der Waals surface area contributed by atoms with Gasteiger partial charge in [0.1, 0.15) is 5.82 Å². The van der Waals surface area contributed by atoms with E-state index in [4.69, 9.17) is 17.3 Å². The largest absolute Gasteiger partial charge is 0.382 e. The molecule has 0 saturated carbocycles. The lowest BCUT2D eigenvalue weighted by atomic mass is 10.1. The number of aromatic nitrogens is 1. The number of hydrogen-bond acceptors (Lipinski definition) is 4. The highest BCUT2D eigenvalue weighted by molar-refractivity contribution is 6.33. The summed E-state index contributed by atoms with van der Waals surface area (Å²) in [7, 11) is 2.09. The van der Waals surface area contributed by atoms with Crippen molar-refractivity contribution in [1.29, 1.82) is 0 Å². The van der Waals surface area contributed by atoms with Crippen LogP contribution < -0.4 is 5.73 Å². The molecule has 1 fully saturated rings. The molecular weight excluding hydrogens is 264 g/mol. The molecule has 1 saturated heterocycles. The Labute approximate surface area is 118 Å². The number of halogens is 1. The summed E-state index contributed by atoms with van der Waals surface area (Å²) in [5.74, 6) is 0.226. The third-order valence-electron chi connectivity index (χ3n) is 3.65. The van der Waals surface area contributed by atoms with Crippen molar-refractivity contribution in [3.63, 3.8) is 0 Å². The molecule has 5 nitrogen and oxygen atoms in total. The first kappa shape index (κ1) is 14.1. The maximum Gasteiger partial charge on any atom is 0.255 e. The molecule has 0 aromatic carbocycles. The molecule has 6 heteroatoms. The summed E-state index contributed by atoms with van der Waals surface area (Å²) in [6.07, 6.45) is 2.52. The van der Waals surface area contributed by atoms with Gasteiger partial charge in [-0.15, -0.1) is 0 Å². The second-order valence-electron chi connectivity index (χ2n) is 4.88. The summed E-state index contributed by atoms with van der Waals surface area (Å²) in [6.45, 7) is 4.50. The van der Waals surface area contributed by atoms with Crippen molar-refractivity contribution in [1.82, 2.24) is 14.8 Å². The molecule has 0 aliphatic carbocycles. The number of likely N-dealkylation sites (N-methyl/N-ethyl adjacent to an activating group) is 1. The SMILES string of the molecule is CCC1CN(C(=O)c2cnc(N)c(Cl)c2)CCN1C. The first-order valence-electron chi connectivity index (χ1n) is 6.43. The number of carbonyl (C=O) groups is 1. The number of pyridine rings is 1. The van der Waals surface area contributed by atoms with E-state index in [1.165, 1.54) is 6.20 Å². The molecule has 1 aliphatic heterocycles. The fraction of sp³-hybridized carbons (Fsp3) is 0.538. The molecule has 104 valence electrons. The lowest BCUT2D eigenvalue weighted by Crippen LogP contribution is -2.53. The first-order valence-corrected chi connectivity index (χ1v) is 6.81. The van der Waals surface area contributed by atoms with Gasteiger partial charge in [0.2, 0.25) is 0 Å². The van der Waals surface area contributed by atoms with Crippen LogP contribution in [0.2, 0.25) is 5.02 Å². The molecule has 1 unspecified atom stereocenters. The molecule has 2 N–H and O–H groups in total. The Bertz CT molecular complexity index is 480. The van der Waals surface area contributed by atoms with Crippen LogP contribution >= 0.6 is 11.6 Å². The molecule has 1 amide bonds. The molecule has 2 heterocycles. The second-order valence-corrected chi connectivity index (χ2v) is 5.29. The number of piperazine rings is 1. The number of amides is 1. The van der Waals surface area contributed by atoms with Crippen molar-refractivity contribution >= 4 is 23.3 Å². The highest BCUT2D eigenvalue weighted by atomic mass is 35.5. The van der Waals surface area contributed by atoms with Crippen LogP contribution in [0, 0.1) is 0 Å². The molecule has 0 bridgehead atoms. The summed E-state index contributed by atoms with van der Waals surface area (Å²) in [4.78, 5) is 20.5. The van der Waals surface area contributed by atoms with Crippen LogP contribution in [-0.2, 0) is 0 Å². The van der Waals surface area contributed by atoms with E-state index in [2.05, 4.69) is 23.9 Å². The Hall–Kier alpha value is -1.33. The van der Waals surface area contributed by atoms with E-state index in [1.807, 2.05) is 4.90 Å².